The third-order valence-electron chi connectivity index (χ3n) is 5.62. The molecule has 3 aliphatic rings. The highest BCUT2D eigenvalue weighted by atomic mass is 16.8. The fourth-order valence-corrected chi connectivity index (χ4v) is 4.11. The predicted molar refractivity (Wildman–Crippen MR) is 108 cm³/mol. The molecule has 2 saturated heterocycles. The van der Waals surface area contributed by atoms with Crippen LogP contribution in [0.3, 0.4) is 0 Å². The number of anilines is 3. The van der Waals surface area contributed by atoms with Crippen LogP contribution >= 0.6 is 0 Å². The molecule has 3 aliphatic heterocycles. The van der Waals surface area contributed by atoms with Gasteiger partial charge in [0, 0.05) is 43.5 Å². The van der Waals surface area contributed by atoms with E-state index in [1.165, 1.54) is 5.69 Å². The summed E-state index contributed by atoms with van der Waals surface area (Å²) in [5, 5.41) is 3.35. The van der Waals surface area contributed by atoms with Crippen LogP contribution in [0.1, 0.15) is 12.8 Å². The summed E-state index contributed by atoms with van der Waals surface area (Å²) in [5.74, 6) is 0.563. The Hall–Kier alpha value is -2.93. The molecule has 146 valence electrons. The number of nitrogens with two attached hydrogens (primary N) is 1. The van der Waals surface area contributed by atoms with Crippen LogP contribution in [0.2, 0.25) is 0 Å². The fraction of sp³-hybridized carbons (Fsp3) is 0.381. The Kier molecular flexibility index (Phi) is 4.24. The van der Waals surface area contributed by atoms with E-state index in [2.05, 4.69) is 51.5 Å². The van der Waals surface area contributed by atoms with Crippen molar-refractivity contribution < 1.29 is 14.3 Å². The number of nitrogens with zero attached hydrogens (tertiary/aromatic N) is 2. The van der Waals surface area contributed by atoms with E-state index in [4.69, 9.17) is 15.2 Å². The number of carbonyl (C=O) groups excluding carboxylic acids is 1. The average Bonchev–Trinajstić information content (AvgIpc) is 3.48. The van der Waals surface area contributed by atoms with Crippen molar-refractivity contribution >= 4 is 23.0 Å². The van der Waals surface area contributed by atoms with Crippen LogP contribution in [0.15, 0.2) is 48.5 Å². The molecule has 3 atom stereocenters. The van der Waals surface area contributed by atoms with Crippen molar-refractivity contribution in [3.05, 3.63) is 48.5 Å². The van der Waals surface area contributed by atoms with Crippen molar-refractivity contribution in [1.29, 1.82) is 0 Å². The normalized spacial score (nSPS) is 25.2. The second-order valence-corrected chi connectivity index (χ2v) is 7.50. The van der Waals surface area contributed by atoms with E-state index < -0.39 is 0 Å². The number of nitrogens with one attached hydrogen (secondary N) is 1. The molecular weight excluding hydrogens is 356 g/mol. The van der Waals surface area contributed by atoms with Crippen molar-refractivity contribution in [2.45, 2.75) is 31.4 Å². The molecule has 0 aromatic heterocycles. The van der Waals surface area contributed by atoms with E-state index in [1.54, 1.807) is 0 Å². The topological polar surface area (TPSA) is 83.4 Å². The first kappa shape index (κ1) is 17.2. The number of carbonyl (C=O) groups is 1. The third kappa shape index (κ3) is 3.33. The highest BCUT2D eigenvalue weighted by Crippen LogP contribution is 2.41. The molecule has 2 fully saturated rings. The van der Waals surface area contributed by atoms with E-state index >= 15 is 0 Å². The van der Waals surface area contributed by atoms with E-state index in [9.17, 15) is 4.79 Å². The molecular formula is C21H24N4O3. The lowest BCUT2D eigenvalue weighted by Gasteiger charge is -2.44. The number of piperazine rings is 1. The van der Waals surface area contributed by atoms with E-state index in [-0.39, 0.29) is 24.5 Å². The summed E-state index contributed by atoms with van der Waals surface area (Å²) in [6, 6.07) is 16.8. The number of hydrogen-bond donors (Lipinski definition) is 2. The first-order valence-corrected chi connectivity index (χ1v) is 9.75. The number of para-hydroxylation sites is 1. The molecule has 3 heterocycles. The molecule has 1 amide bonds. The number of fused-ring (bicyclic) bond motifs is 2. The van der Waals surface area contributed by atoms with Gasteiger partial charge in [-0.25, -0.2) is 0 Å². The number of epoxide rings is 1. The van der Waals surface area contributed by atoms with Crippen molar-refractivity contribution in [1.82, 2.24) is 0 Å². The Morgan fingerprint density at radius 2 is 2.00 bits per heavy atom. The lowest BCUT2D eigenvalue weighted by atomic mass is 10.0. The van der Waals surface area contributed by atoms with Crippen molar-refractivity contribution in [2.75, 3.05) is 34.8 Å². The molecule has 0 spiro atoms. The standard InChI is InChI=1S/C21H24N4O3/c22-19(26)9-7-16-13-24(14-4-2-1-3-5-14)10-11-25(16)15-6-8-18-17(12-15)23-20-21(27-18)28-20/h1-6,8,12,16,20-21,23H,7,9-11,13H2,(H2,22,26). The van der Waals surface area contributed by atoms with Crippen molar-refractivity contribution in [2.24, 2.45) is 5.73 Å². The maximum Gasteiger partial charge on any atom is 0.247 e. The first-order chi connectivity index (χ1) is 13.7. The Morgan fingerprint density at radius 3 is 2.82 bits per heavy atom. The Balaban J connectivity index is 1.38. The maximum absolute atomic E-state index is 11.4. The monoisotopic (exact) mass is 380 g/mol. The fourth-order valence-electron chi connectivity index (χ4n) is 4.11. The van der Waals surface area contributed by atoms with Gasteiger partial charge >= 0.3 is 0 Å². The van der Waals surface area contributed by atoms with Gasteiger partial charge in [0.2, 0.25) is 12.2 Å². The van der Waals surface area contributed by atoms with Crippen molar-refractivity contribution in [3.8, 4) is 5.75 Å². The number of hydrogen-bond acceptors (Lipinski definition) is 6. The molecule has 0 saturated carbocycles. The SMILES string of the molecule is NC(=O)CCC1CN(c2ccccc2)CCN1c1ccc2c(c1)NC1OC1O2. The second kappa shape index (κ2) is 6.91. The Labute approximate surface area is 164 Å². The first-order valence-electron chi connectivity index (χ1n) is 9.75. The third-order valence-corrected chi connectivity index (χ3v) is 5.62. The molecule has 2 aromatic rings. The Morgan fingerprint density at radius 1 is 1.14 bits per heavy atom. The van der Waals surface area contributed by atoms with Crippen LogP contribution in [0, 0.1) is 0 Å². The molecule has 3 unspecified atom stereocenters. The number of ether oxygens (including phenoxy) is 2. The minimum absolute atomic E-state index is 0.0386. The molecule has 0 aliphatic carbocycles. The largest absolute Gasteiger partial charge is 0.458 e. The summed E-state index contributed by atoms with van der Waals surface area (Å²) in [4.78, 5) is 16.2. The average molecular weight is 380 g/mol. The van der Waals surface area contributed by atoms with Gasteiger partial charge in [0.25, 0.3) is 0 Å². The van der Waals surface area contributed by atoms with Gasteiger partial charge in [-0.3, -0.25) is 4.79 Å². The highest BCUT2D eigenvalue weighted by Gasteiger charge is 2.45. The van der Waals surface area contributed by atoms with Gasteiger partial charge in [0.1, 0.15) is 5.75 Å². The van der Waals surface area contributed by atoms with Crippen LogP contribution in [0.4, 0.5) is 17.1 Å². The van der Waals surface area contributed by atoms with Gasteiger partial charge in [0.05, 0.1) is 5.69 Å². The summed E-state index contributed by atoms with van der Waals surface area (Å²) < 4.78 is 11.1. The zero-order valence-corrected chi connectivity index (χ0v) is 15.6. The summed E-state index contributed by atoms with van der Waals surface area (Å²) in [6.45, 7) is 2.65. The van der Waals surface area contributed by atoms with Gasteiger partial charge in [-0.1, -0.05) is 18.2 Å². The summed E-state index contributed by atoms with van der Waals surface area (Å²) in [7, 11) is 0. The zero-order valence-electron chi connectivity index (χ0n) is 15.6. The number of primary amides is 1. The van der Waals surface area contributed by atoms with Gasteiger partial charge in [-0.05, 0) is 36.8 Å². The number of amides is 1. The predicted octanol–water partition coefficient (Wildman–Crippen LogP) is 2.13. The highest BCUT2D eigenvalue weighted by molar-refractivity contribution is 5.74. The quantitative estimate of drug-likeness (QED) is 0.774. The smallest absolute Gasteiger partial charge is 0.247 e. The van der Waals surface area contributed by atoms with E-state index in [0.29, 0.717) is 6.42 Å². The lowest BCUT2D eigenvalue weighted by Crippen LogP contribution is -2.53. The van der Waals surface area contributed by atoms with E-state index in [1.807, 2.05) is 12.1 Å². The molecule has 3 N–H and O–H groups in total. The van der Waals surface area contributed by atoms with Gasteiger partial charge in [0.15, 0.2) is 6.23 Å². The summed E-state index contributed by atoms with van der Waals surface area (Å²) in [5.41, 5.74) is 8.73. The van der Waals surface area contributed by atoms with Crippen LogP contribution in [-0.4, -0.2) is 44.1 Å². The van der Waals surface area contributed by atoms with Gasteiger partial charge in [-0.15, -0.1) is 0 Å². The Bertz CT molecular complexity index is 875. The maximum atomic E-state index is 11.4. The molecule has 28 heavy (non-hydrogen) atoms. The molecule has 7 heteroatoms. The molecule has 0 radical (unpaired) electrons. The van der Waals surface area contributed by atoms with Gasteiger partial charge < -0.3 is 30.3 Å². The van der Waals surface area contributed by atoms with Crippen LogP contribution in [0.25, 0.3) is 0 Å². The molecule has 5 rings (SSSR count). The minimum Gasteiger partial charge on any atom is -0.458 e. The molecule has 0 bridgehead atoms. The molecule has 2 aromatic carbocycles. The zero-order chi connectivity index (χ0) is 19.1. The van der Waals surface area contributed by atoms with Crippen LogP contribution < -0.4 is 25.6 Å². The number of benzene rings is 2. The van der Waals surface area contributed by atoms with Crippen LogP contribution in [0.5, 0.6) is 5.75 Å². The van der Waals surface area contributed by atoms with Crippen molar-refractivity contribution in [3.63, 3.8) is 0 Å². The number of rotatable bonds is 5. The summed E-state index contributed by atoms with van der Waals surface area (Å²) in [6.07, 6.45) is 0.917. The molecule has 7 nitrogen and oxygen atoms in total. The van der Waals surface area contributed by atoms with Gasteiger partial charge in [-0.2, -0.15) is 0 Å². The lowest BCUT2D eigenvalue weighted by molar-refractivity contribution is -0.118. The summed E-state index contributed by atoms with van der Waals surface area (Å²) >= 11 is 0. The second-order valence-electron chi connectivity index (χ2n) is 7.50. The van der Waals surface area contributed by atoms with Crippen LogP contribution in [-0.2, 0) is 9.53 Å². The minimum atomic E-state index is -0.255. The van der Waals surface area contributed by atoms with E-state index in [0.717, 1.165) is 43.2 Å².